The highest BCUT2D eigenvalue weighted by Gasteiger charge is 2.52. The zero-order valence-electron chi connectivity index (χ0n) is 22.5. The molecule has 4 rings (SSSR count). The summed E-state index contributed by atoms with van der Waals surface area (Å²) in [4.78, 5) is 11.6. The summed E-state index contributed by atoms with van der Waals surface area (Å²) in [6, 6.07) is 8.34. The standard InChI is InChI=1S/C30H40F3NO3/c1-17(2)14-24(34-26-16-23(28(35)36)29(26,4)5)20-8-12-22-19(15-20)9-13-25(27(22)30(31,32)33)37-21-10-6-18(3)7-11-21/h8-9,12-13,15,17-18,21,23-24,26,34H,6-7,10-11,14,16H2,1-5H3,(H,35,36)/t18-,21+,23?,24?,26?. The third-order valence-electron chi connectivity index (χ3n) is 8.62. The number of carboxylic acid groups (broad SMARTS) is 1. The van der Waals surface area contributed by atoms with E-state index >= 15 is 0 Å². The Morgan fingerprint density at radius 2 is 1.81 bits per heavy atom. The minimum Gasteiger partial charge on any atom is -0.490 e. The Hall–Kier alpha value is -2.28. The van der Waals surface area contributed by atoms with Crippen LogP contribution in [-0.2, 0) is 11.0 Å². The molecule has 2 aliphatic rings. The molecule has 3 unspecified atom stereocenters. The summed E-state index contributed by atoms with van der Waals surface area (Å²) in [5.74, 6) is -0.326. The molecule has 37 heavy (non-hydrogen) atoms. The van der Waals surface area contributed by atoms with Crippen molar-refractivity contribution in [3.8, 4) is 5.75 Å². The number of aliphatic carboxylic acids is 1. The van der Waals surface area contributed by atoms with E-state index in [0.717, 1.165) is 37.7 Å². The smallest absolute Gasteiger partial charge is 0.420 e. The summed E-state index contributed by atoms with van der Waals surface area (Å²) in [6.07, 6.45) is 0.115. The summed E-state index contributed by atoms with van der Waals surface area (Å²) in [7, 11) is 0. The van der Waals surface area contributed by atoms with Gasteiger partial charge in [0, 0.05) is 12.1 Å². The first kappa shape index (κ1) is 27.7. The number of alkyl halides is 3. The molecule has 0 bridgehead atoms. The molecule has 0 spiro atoms. The summed E-state index contributed by atoms with van der Waals surface area (Å²) < 4.78 is 48.8. The van der Waals surface area contributed by atoms with E-state index in [9.17, 15) is 23.1 Å². The van der Waals surface area contributed by atoms with Crippen LogP contribution in [0.2, 0.25) is 0 Å². The molecule has 0 aliphatic heterocycles. The van der Waals surface area contributed by atoms with Crippen LogP contribution in [0.5, 0.6) is 5.75 Å². The van der Waals surface area contributed by atoms with Crippen molar-refractivity contribution in [2.75, 3.05) is 0 Å². The van der Waals surface area contributed by atoms with Crippen LogP contribution in [0, 0.1) is 23.2 Å². The van der Waals surface area contributed by atoms with Crippen molar-refractivity contribution in [1.82, 2.24) is 5.32 Å². The number of hydrogen-bond acceptors (Lipinski definition) is 3. The van der Waals surface area contributed by atoms with Gasteiger partial charge >= 0.3 is 12.1 Å². The first-order valence-corrected chi connectivity index (χ1v) is 13.6. The zero-order valence-corrected chi connectivity index (χ0v) is 22.5. The number of benzene rings is 2. The average Bonchev–Trinajstić information content (AvgIpc) is 2.80. The Balaban J connectivity index is 1.64. The zero-order chi connectivity index (χ0) is 27.1. The number of nitrogens with one attached hydrogen (secondary N) is 1. The second kappa shape index (κ2) is 10.5. The van der Waals surface area contributed by atoms with Gasteiger partial charge in [0.15, 0.2) is 0 Å². The SMILES string of the molecule is CC(C)CC(NC1CC(C(=O)O)C1(C)C)c1ccc2c(C(F)(F)F)c(O[C@H]3CC[C@@H](C)CC3)ccc2c1. The van der Waals surface area contributed by atoms with Crippen molar-refractivity contribution in [2.24, 2.45) is 23.2 Å². The molecule has 2 aliphatic carbocycles. The van der Waals surface area contributed by atoms with Gasteiger partial charge in [0.05, 0.1) is 12.0 Å². The van der Waals surface area contributed by atoms with E-state index in [1.54, 1.807) is 18.2 Å². The summed E-state index contributed by atoms with van der Waals surface area (Å²) in [5.41, 5.74) is -0.184. The minimum atomic E-state index is -4.53. The molecule has 2 aromatic rings. The van der Waals surface area contributed by atoms with E-state index in [4.69, 9.17) is 4.74 Å². The fourth-order valence-electron chi connectivity index (χ4n) is 6.10. The van der Waals surface area contributed by atoms with Gasteiger partial charge in [-0.05, 0) is 84.2 Å². The Kier molecular flexibility index (Phi) is 7.85. The maximum Gasteiger partial charge on any atom is 0.420 e. The van der Waals surface area contributed by atoms with Crippen LogP contribution in [0.3, 0.4) is 0 Å². The molecule has 0 amide bonds. The molecule has 2 fully saturated rings. The molecule has 2 aromatic carbocycles. The third kappa shape index (κ3) is 5.92. The average molecular weight is 520 g/mol. The highest BCUT2D eigenvalue weighted by Crippen LogP contribution is 2.48. The lowest BCUT2D eigenvalue weighted by Crippen LogP contribution is -2.59. The van der Waals surface area contributed by atoms with Gasteiger partial charge in [-0.3, -0.25) is 4.79 Å². The monoisotopic (exact) mass is 519 g/mol. The summed E-state index contributed by atoms with van der Waals surface area (Å²) >= 11 is 0. The molecular formula is C30H40F3NO3. The van der Waals surface area contributed by atoms with E-state index in [-0.39, 0.29) is 29.3 Å². The van der Waals surface area contributed by atoms with Crippen molar-refractivity contribution in [1.29, 1.82) is 0 Å². The molecule has 0 radical (unpaired) electrons. The number of ether oxygens (including phenoxy) is 1. The normalized spacial score (nSPS) is 26.6. The Labute approximate surface area is 218 Å². The molecule has 0 aromatic heterocycles. The second-order valence-corrected chi connectivity index (χ2v) is 12.3. The van der Waals surface area contributed by atoms with Crippen LogP contribution >= 0.6 is 0 Å². The van der Waals surface area contributed by atoms with E-state index in [0.29, 0.717) is 23.6 Å². The number of hydrogen-bond donors (Lipinski definition) is 2. The number of carboxylic acids is 1. The van der Waals surface area contributed by atoms with Gasteiger partial charge in [-0.2, -0.15) is 13.2 Å². The molecule has 2 saturated carbocycles. The molecule has 0 saturated heterocycles. The molecule has 0 heterocycles. The lowest BCUT2D eigenvalue weighted by atomic mass is 9.58. The van der Waals surface area contributed by atoms with Crippen LogP contribution in [0.25, 0.3) is 10.8 Å². The first-order chi connectivity index (χ1) is 17.3. The first-order valence-electron chi connectivity index (χ1n) is 13.6. The minimum absolute atomic E-state index is 0.0211. The highest BCUT2D eigenvalue weighted by atomic mass is 19.4. The van der Waals surface area contributed by atoms with Gasteiger partial charge in [-0.15, -0.1) is 0 Å². The van der Waals surface area contributed by atoms with Crippen LogP contribution in [0.15, 0.2) is 30.3 Å². The Bertz CT molecular complexity index is 1120. The molecule has 7 heteroatoms. The van der Waals surface area contributed by atoms with Gasteiger partial charge < -0.3 is 15.2 Å². The van der Waals surface area contributed by atoms with Crippen LogP contribution < -0.4 is 10.1 Å². The largest absolute Gasteiger partial charge is 0.490 e. The van der Waals surface area contributed by atoms with E-state index < -0.39 is 29.0 Å². The summed E-state index contributed by atoms with van der Waals surface area (Å²) in [5, 5.41) is 13.8. The number of rotatable bonds is 8. The molecular weight excluding hydrogens is 479 g/mol. The van der Waals surface area contributed by atoms with Crippen molar-refractivity contribution in [3.63, 3.8) is 0 Å². The van der Waals surface area contributed by atoms with E-state index in [2.05, 4.69) is 26.1 Å². The topological polar surface area (TPSA) is 58.6 Å². The summed E-state index contributed by atoms with van der Waals surface area (Å²) in [6.45, 7) is 10.3. The van der Waals surface area contributed by atoms with E-state index in [1.165, 1.54) is 6.07 Å². The van der Waals surface area contributed by atoms with Gasteiger partial charge in [-0.25, -0.2) is 0 Å². The van der Waals surface area contributed by atoms with Crippen LogP contribution in [0.1, 0.15) is 90.3 Å². The maximum atomic E-state index is 14.3. The van der Waals surface area contributed by atoms with Gasteiger partial charge in [0.2, 0.25) is 0 Å². The maximum absolute atomic E-state index is 14.3. The van der Waals surface area contributed by atoms with Crippen molar-refractivity contribution in [2.45, 2.75) is 97.5 Å². The fourth-order valence-corrected chi connectivity index (χ4v) is 6.10. The number of fused-ring (bicyclic) bond motifs is 1. The fraction of sp³-hybridized carbons (Fsp3) is 0.633. The Morgan fingerprint density at radius 1 is 1.14 bits per heavy atom. The van der Waals surface area contributed by atoms with Crippen molar-refractivity contribution >= 4 is 16.7 Å². The molecule has 4 nitrogen and oxygen atoms in total. The van der Waals surface area contributed by atoms with Gasteiger partial charge in [0.25, 0.3) is 0 Å². The predicted octanol–water partition coefficient (Wildman–Crippen LogP) is 7.99. The number of carbonyl (C=O) groups is 1. The lowest BCUT2D eigenvalue weighted by Gasteiger charge is -2.51. The number of halogens is 3. The van der Waals surface area contributed by atoms with Crippen molar-refractivity contribution < 1.29 is 27.8 Å². The Morgan fingerprint density at radius 3 is 2.38 bits per heavy atom. The molecule has 3 atom stereocenters. The molecule has 2 N–H and O–H groups in total. The lowest BCUT2D eigenvalue weighted by molar-refractivity contribution is -0.155. The van der Waals surface area contributed by atoms with Gasteiger partial charge in [-0.1, -0.05) is 52.8 Å². The van der Waals surface area contributed by atoms with Crippen LogP contribution in [-0.4, -0.2) is 23.2 Å². The third-order valence-corrected chi connectivity index (χ3v) is 8.62. The van der Waals surface area contributed by atoms with E-state index in [1.807, 2.05) is 19.9 Å². The molecule has 204 valence electrons. The second-order valence-electron chi connectivity index (χ2n) is 12.3. The quantitative estimate of drug-likeness (QED) is 0.371. The van der Waals surface area contributed by atoms with Crippen molar-refractivity contribution in [3.05, 3.63) is 41.5 Å². The highest BCUT2D eigenvalue weighted by molar-refractivity contribution is 5.89. The van der Waals surface area contributed by atoms with Crippen LogP contribution in [0.4, 0.5) is 13.2 Å². The van der Waals surface area contributed by atoms with Gasteiger partial charge in [0.1, 0.15) is 11.3 Å². The predicted molar refractivity (Wildman–Crippen MR) is 140 cm³/mol.